The fraction of sp³-hybridized carbons (Fsp3) is 0.353. The highest BCUT2D eigenvalue weighted by atomic mass is 14.9. The summed E-state index contributed by atoms with van der Waals surface area (Å²) in [6.45, 7) is 2.34. The molecule has 1 saturated heterocycles. The van der Waals surface area contributed by atoms with Crippen molar-refractivity contribution in [3.8, 4) is 0 Å². The number of pyridine rings is 1. The van der Waals surface area contributed by atoms with Gasteiger partial charge in [-0.1, -0.05) is 6.07 Å². The molecule has 1 aromatic carbocycles. The quantitative estimate of drug-likeness (QED) is 0.746. The zero-order chi connectivity index (χ0) is 13.4. The van der Waals surface area contributed by atoms with E-state index in [0.717, 1.165) is 11.6 Å². The fourth-order valence-corrected chi connectivity index (χ4v) is 3.32. The van der Waals surface area contributed by atoms with Crippen molar-refractivity contribution in [2.24, 2.45) is 5.92 Å². The summed E-state index contributed by atoms with van der Waals surface area (Å²) in [5.74, 6) is 0.831. The van der Waals surface area contributed by atoms with Crippen LogP contribution in [0.15, 0.2) is 36.5 Å². The second-order valence-electron chi connectivity index (χ2n) is 5.80. The number of nitrogens with one attached hydrogen (secondary N) is 2. The van der Waals surface area contributed by atoms with E-state index in [9.17, 15) is 0 Å². The molecule has 102 valence electrons. The summed E-state index contributed by atoms with van der Waals surface area (Å²) >= 11 is 0. The van der Waals surface area contributed by atoms with E-state index in [-0.39, 0.29) is 0 Å². The summed E-state index contributed by atoms with van der Waals surface area (Å²) < 4.78 is 0. The van der Waals surface area contributed by atoms with Crippen LogP contribution < -0.4 is 5.32 Å². The minimum Gasteiger partial charge on any atom is -0.339 e. The number of nitrogens with zero attached hydrogens (tertiary/aromatic N) is 1. The molecular formula is C17H19N3. The van der Waals surface area contributed by atoms with E-state index in [4.69, 9.17) is 0 Å². The lowest BCUT2D eigenvalue weighted by atomic mass is 9.90. The molecule has 0 amide bonds. The van der Waals surface area contributed by atoms with Gasteiger partial charge in [-0.25, -0.2) is 4.98 Å². The molecule has 0 bridgehead atoms. The van der Waals surface area contributed by atoms with E-state index < -0.39 is 0 Å². The van der Waals surface area contributed by atoms with E-state index in [1.807, 2.05) is 12.3 Å². The monoisotopic (exact) mass is 265 g/mol. The summed E-state index contributed by atoms with van der Waals surface area (Å²) in [5.41, 5.74) is 3.63. The number of aromatic nitrogens is 2. The fourth-order valence-electron chi connectivity index (χ4n) is 3.32. The zero-order valence-corrected chi connectivity index (χ0v) is 11.5. The van der Waals surface area contributed by atoms with E-state index >= 15 is 0 Å². The van der Waals surface area contributed by atoms with Crippen LogP contribution in [0.4, 0.5) is 0 Å². The third-order valence-electron chi connectivity index (χ3n) is 4.42. The normalized spacial score (nSPS) is 17.0. The number of rotatable bonds is 2. The maximum absolute atomic E-state index is 4.40. The maximum Gasteiger partial charge on any atom is 0.138 e. The molecule has 0 saturated carbocycles. The molecule has 0 spiro atoms. The lowest BCUT2D eigenvalue weighted by molar-refractivity contribution is 0.373. The first kappa shape index (κ1) is 11.9. The molecule has 0 aliphatic carbocycles. The Morgan fingerprint density at radius 1 is 1.10 bits per heavy atom. The molecule has 1 fully saturated rings. The standard InChI is InChI=1S/C17H19N3/c1-2-14-15-11-13(10-12-5-8-18-9-6-12)3-4-16(15)20-17(14)19-7-1/h1-4,7,11-12,18H,5-6,8-10H2,(H,19,20). The van der Waals surface area contributed by atoms with E-state index in [2.05, 4.69) is 39.6 Å². The third kappa shape index (κ3) is 2.08. The van der Waals surface area contributed by atoms with Crippen molar-refractivity contribution in [1.82, 2.24) is 15.3 Å². The largest absolute Gasteiger partial charge is 0.339 e. The van der Waals surface area contributed by atoms with Crippen LogP contribution in [0.5, 0.6) is 0 Å². The van der Waals surface area contributed by atoms with Gasteiger partial charge in [0.25, 0.3) is 0 Å². The van der Waals surface area contributed by atoms with Crippen molar-refractivity contribution in [2.75, 3.05) is 13.1 Å². The van der Waals surface area contributed by atoms with Gasteiger partial charge in [0.2, 0.25) is 0 Å². The van der Waals surface area contributed by atoms with E-state index in [1.165, 1.54) is 54.2 Å². The summed E-state index contributed by atoms with van der Waals surface area (Å²) in [6, 6.07) is 11.0. The van der Waals surface area contributed by atoms with Crippen LogP contribution in [0.3, 0.4) is 0 Å². The van der Waals surface area contributed by atoms with Gasteiger partial charge >= 0.3 is 0 Å². The molecule has 0 unspecified atom stereocenters. The molecule has 20 heavy (non-hydrogen) atoms. The van der Waals surface area contributed by atoms with Gasteiger partial charge in [-0.2, -0.15) is 0 Å². The molecule has 2 N–H and O–H groups in total. The van der Waals surface area contributed by atoms with Crippen LogP contribution in [-0.4, -0.2) is 23.1 Å². The summed E-state index contributed by atoms with van der Waals surface area (Å²) in [4.78, 5) is 7.79. The average Bonchev–Trinajstić information content (AvgIpc) is 2.86. The Morgan fingerprint density at radius 3 is 2.90 bits per heavy atom. The highest BCUT2D eigenvalue weighted by Crippen LogP contribution is 2.26. The topological polar surface area (TPSA) is 40.7 Å². The van der Waals surface area contributed by atoms with Crippen LogP contribution in [0.25, 0.3) is 21.9 Å². The van der Waals surface area contributed by atoms with Crippen LogP contribution >= 0.6 is 0 Å². The Labute approximate surface area is 118 Å². The minimum atomic E-state index is 0.831. The Balaban J connectivity index is 1.71. The smallest absolute Gasteiger partial charge is 0.138 e. The Morgan fingerprint density at radius 2 is 2.00 bits per heavy atom. The molecule has 3 nitrogen and oxygen atoms in total. The highest BCUT2D eigenvalue weighted by Gasteiger charge is 2.14. The first-order valence-corrected chi connectivity index (χ1v) is 7.46. The number of H-pyrrole nitrogens is 1. The lowest BCUT2D eigenvalue weighted by Gasteiger charge is -2.22. The Bertz CT molecular complexity index is 738. The molecule has 3 heterocycles. The van der Waals surface area contributed by atoms with Crippen LogP contribution in [0, 0.1) is 5.92 Å². The minimum absolute atomic E-state index is 0.831. The number of piperidine rings is 1. The number of benzene rings is 1. The highest BCUT2D eigenvalue weighted by molar-refractivity contribution is 6.05. The van der Waals surface area contributed by atoms with Crippen molar-refractivity contribution >= 4 is 21.9 Å². The molecule has 1 aliphatic rings. The van der Waals surface area contributed by atoms with Crippen molar-refractivity contribution in [3.63, 3.8) is 0 Å². The summed E-state index contributed by atoms with van der Waals surface area (Å²) in [6.07, 6.45) is 5.64. The average molecular weight is 265 g/mol. The van der Waals surface area contributed by atoms with Gasteiger partial charge < -0.3 is 10.3 Å². The zero-order valence-electron chi connectivity index (χ0n) is 11.5. The van der Waals surface area contributed by atoms with Gasteiger partial charge in [-0.15, -0.1) is 0 Å². The van der Waals surface area contributed by atoms with Crippen molar-refractivity contribution in [1.29, 1.82) is 0 Å². The van der Waals surface area contributed by atoms with E-state index in [0.29, 0.717) is 0 Å². The number of aromatic amines is 1. The van der Waals surface area contributed by atoms with Gasteiger partial charge in [0, 0.05) is 22.5 Å². The van der Waals surface area contributed by atoms with Gasteiger partial charge in [-0.3, -0.25) is 0 Å². The molecule has 3 heteroatoms. The molecule has 1 aliphatic heterocycles. The van der Waals surface area contributed by atoms with Gasteiger partial charge in [0.15, 0.2) is 0 Å². The second-order valence-corrected chi connectivity index (χ2v) is 5.80. The summed E-state index contributed by atoms with van der Waals surface area (Å²) in [7, 11) is 0. The molecule has 0 radical (unpaired) electrons. The van der Waals surface area contributed by atoms with Crippen LogP contribution in [0.2, 0.25) is 0 Å². The number of hydrogen-bond acceptors (Lipinski definition) is 2. The van der Waals surface area contributed by atoms with E-state index in [1.54, 1.807) is 0 Å². The third-order valence-corrected chi connectivity index (χ3v) is 4.42. The predicted octanol–water partition coefficient (Wildman–Crippen LogP) is 3.26. The SMILES string of the molecule is c1cnc2[nH]c3ccc(CC4CCNCC4)cc3c2c1. The summed E-state index contributed by atoms with van der Waals surface area (Å²) in [5, 5.41) is 5.97. The second kappa shape index (κ2) is 4.91. The molecule has 4 rings (SSSR count). The predicted molar refractivity (Wildman–Crippen MR) is 82.9 cm³/mol. The molecule has 2 aromatic heterocycles. The van der Waals surface area contributed by atoms with Gasteiger partial charge in [0.1, 0.15) is 5.65 Å². The van der Waals surface area contributed by atoms with Crippen LogP contribution in [0.1, 0.15) is 18.4 Å². The molecule has 0 atom stereocenters. The Kier molecular flexibility index (Phi) is 2.92. The lowest BCUT2D eigenvalue weighted by Crippen LogP contribution is -2.28. The van der Waals surface area contributed by atoms with Crippen LogP contribution in [-0.2, 0) is 6.42 Å². The number of fused-ring (bicyclic) bond motifs is 3. The molecular weight excluding hydrogens is 246 g/mol. The Hall–Kier alpha value is -1.87. The van der Waals surface area contributed by atoms with Gasteiger partial charge in [0.05, 0.1) is 0 Å². The number of hydrogen-bond donors (Lipinski definition) is 2. The first-order chi connectivity index (χ1) is 9.90. The molecule has 3 aromatic rings. The maximum atomic E-state index is 4.40. The van der Waals surface area contributed by atoms with Crippen molar-refractivity contribution in [3.05, 3.63) is 42.1 Å². The van der Waals surface area contributed by atoms with Gasteiger partial charge in [-0.05, 0) is 68.1 Å². The van der Waals surface area contributed by atoms with Crippen molar-refractivity contribution < 1.29 is 0 Å². The van der Waals surface area contributed by atoms with Crippen molar-refractivity contribution in [2.45, 2.75) is 19.3 Å². The first-order valence-electron chi connectivity index (χ1n) is 7.46.